The number of amides is 4. The summed E-state index contributed by atoms with van der Waals surface area (Å²) in [5.74, 6) is 0.454. The van der Waals surface area contributed by atoms with Crippen molar-refractivity contribution in [1.29, 1.82) is 0 Å². The molecule has 3 aromatic carbocycles. The Morgan fingerprint density at radius 2 is 1.60 bits per heavy atom. The van der Waals surface area contributed by atoms with Gasteiger partial charge in [0.05, 0.1) is 31.3 Å². The molecule has 11 heteroatoms. The first-order valence-corrected chi connectivity index (χ1v) is 14.8. The summed E-state index contributed by atoms with van der Waals surface area (Å²) in [4.78, 5) is 39.8. The third-order valence-electron chi connectivity index (χ3n) is 6.16. The summed E-state index contributed by atoms with van der Waals surface area (Å²) in [6.07, 6.45) is 2.26. The monoisotopic (exact) mass is 700 g/mol. The molecule has 1 aliphatic heterocycles. The van der Waals surface area contributed by atoms with Gasteiger partial charge in [-0.15, -0.1) is 0 Å². The molecule has 0 bridgehead atoms. The maximum atomic E-state index is 13.4. The van der Waals surface area contributed by atoms with Crippen LogP contribution in [0.25, 0.3) is 6.08 Å². The standard InChI is InChI=1S/C31H30Br2N2O7/c1-4-12-41-25-11-8-20(15-26(25)39-3)17-35-30(37)23(29(36)34-31(35)38)13-21-14-24(33)28(27(16-21)40-5-2)42-18-19-6-9-22(32)10-7-19/h6-11,13-16H,4-5,12,17-18H2,1-3H3,(H,34,36,38)/b23-13+. The van der Waals surface area contributed by atoms with Crippen molar-refractivity contribution in [3.8, 4) is 23.0 Å². The lowest BCUT2D eigenvalue weighted by atomic mass is 10.1. The Hall–Kier alpha value is -3.83. The van der Waals surface area contributed by atoms with Crippen LogP contribution in [0.4, 0.5) is 4.79 Å². The Morgan fingerprint density at radius 1 is 0.857 bits per heavy atom. The molecule has 1 N–H and O–H groups in total. The van der Waals surface area contributed by atoms with Crippen molar-refractivity contribution in [2.24, 2.45) is 0 Å². The average Bonchev–Trinajstić information content (AvgIpc) is 2.97. The van der Waals surface area contributed by atoms with Gasteiger partial charge in [-0.3, -0.25) is 19.8 Å². The predicted octanol–water partition coefficient (Wildman–Crippen LogP) is 6.65. The summed E-state index contributed by atoms with van der Waals surface area (Å²) in [7, 11) is 1.52. The Labute approximate surface area is 261 Å². The lowest BCUT2D eigenvalue weighted by Crippen LogP contribution is -2.53. The highest BCUT2D eigenvalue weighted by Gasteiger charge is 2.36. The number of carbonyl (C=O) groups is 3. The van der Waals surface area contributed by atoms with Crippen molar-refractivity contribution in [1.82, 2.24) is 10.2 Å². The highest BCUT2D eigenvalue weighted by atomic mass is 79.9. The molecule has 220 valence electrons. The molecule has 0 saturated carbocycles. The summed E-state index contributed by atoms with van der Waals surface area (Å²) in [5.41, 5.74) is 1.91. The van der Waals surface area contributed by atoms with Crippen molar-refractivity contribution in [3.05, 3.63) is 85.8 Å². The Bertz CT molecular complexity index is 1510. The number of halogens is 2. The maximum absolute atomic E-state index is 13.4. The second kappa shape index (κ2) is 14.4. The minimum absolute atomic E-state index is 0.0730. The Balaban J connectivity index is 1.58. The van der Waals surface area contributed by atoms with E-state index in [0.717, 1.165) is 21.4 Å². The number of ether oxygens (including phenoxy) is 4. The van der Waals surface area contributed by atoms with E-state index in [0.29, 0.717) is 58.4 Å². The molecule has 3 aromatic rings. The smallest absolute Gasteiger partial charge is 0.331 e. The van der Waals surface area contributed by atoms with E-state index in [1.165, 1.54) is 13.2 Å². The van der Waals surface area contributed by atoms with Crippen molar-refractivity contribution in [2.45, 2.75) is 33.4 Å². The summed E-state index contributed by atoms with van der Waals surface area (Å²) in [5, 5.41) is 2.26. The van der Waals surface area contributed by atoms with Gasteiger partial charge in [0.1, 0.15) is 12.2 Å². The van der Waals surface area contributed by atoms with Crippen LogP contribution in [0.15, 0.2) is 69.1 Å². The zero-order valence-corrected chi connectivity index (χ0v) is 26.5. The normalized spacial score (nSPS) is 14.2. The summed E-state index contributed by atoms with van der Waals surface area (Å²) >= 11 is 6.96. The van der Waals surface area contributed by atoms with Crippen molar-refractivity contribution in [3.63, 3.8) is 0 Å². The summed E-state index contributed by atoms with van der Waals surface area (Å²) in [6.45, 7) is 4.97. The summed E-state index contributed by atoms with van der Waals surface area (Å²) in [6, 6.07) is 15.5. The molecule has 1 heterocycles. The second-order valence-corrected chi connectivity index (χ2v) is 11.0. The van der Waals surface area contributed by atoms with E-state index in [-0.39, 0.29) is 12.1 Å². The molecule has 0 aliphatic carbocycles. The third kappa shape index (κ3) is 7.51. The van der Waals surface area contributed by atoms with Crippen LogP contribution >= 0.6 is 31.9 Å². The average molecular weight is 702 g/mol. The number of benzene rings is 3. The van der Waals surface area contributed by atoms with Crippen LogP contribution in [-0.2, 0) is 22.7 Å². The van der Waals surface area contributed by atoms with Crippen molar-refractivity contribution < 1.29 is 33.3 Å². The molecule has 1 fully saturated rings. The largest absolute Gasteiger partial charge is 0.493 e. The van der Waals surface area contributed by atoms with Crippen LogP contribution in [0, 0.1) is 0 Å². The predicted molar refractivity (Wildman–Crippen MR) is 165 cm³/mol. The number of urea groups is 1. The first kappa shape index (κ1) is 31.1. The van der Waals surface area contributed by atoms with Crippen molar-refractivity contribution in [2.75, 3.05) is 20.3 Å². The number of imide groups is 2. The van der Waals surface area contributed by atoms with Gasteiger partial charge in [-0.2, -0.15) is 0 Å². The van der Waals surface area contributed by atoms with Gasteiger partial charge in [-0.1, -0.05) is 41.1 Å². The van der Waals surface area contributed by atoms with Crippen LogP contribution in [0.2, 0.25) is 0 Å². The van der Waals surface area contributed by atoms with Gasteiger partial charge in [0.15, 0.2) is 23.0 Å². The fourth-order valence-corrected chi connectivity index (χ4v) is 4.98. The Morgan fingerprint density at radius 3 is 2.29 bits per heavy atom. The molecule has 4 amide bonds. The van der Waals surface area contributed by atoms with E-state index in [4.69, 9.17) is 18.9 Å². The molecule has 0 spiro atoms. The molecular formula is C31H30Br2N2O7. The van der Waals surface area contributed by atoms with E-state index in [9.17, 15) is 14.4 Å². The lowest BCUT2D eigenvalue weighted by Gasteiger charge is -2.26. The second-order valence-electron chi connectivity index (χ2n) is 9.22. The van der Waals surface area contributed by atoms with Crippen LogP contribution in [0.1, 0.15) is 37.0 Å². The minimum atomic E-state index is -0.805. The molecular weight excluding hydrogens is 672 g/mol. The number of rotatable bonds is 12. The van der Waals surface area contributed by atoms with Crippen molar-refractivity contribution >= 4 is 55.8 Å². The number of nitrogens with zero attached hydrogens (tertiary/aromatic N) is 1. The number of carbonyl (C=O) groups excluding carboxylic acids is 3. The zero-order valence-electron chi connectivity index (χ0n) is 23.4. The molecule has 1 saturated heterocycles. The van der Waals surface area contributed by atoms with Crippen LogP contribution in [-0.4, -0.2) is 43.1 Å². The van der Waals surface area contributed by atoms with E-state index >= 15 is 0 Å². The van der Waals surface area contributed by atoms with Gasteiger partial charge >= 0.3 is 6.03 Å². The molecule has 0 unspecified atom stereocenters. The van der Waals surface area contributed by atoms with Gasteiger partial charge < -0.3 is 18.9 Å². The van der Waals surface area contributed by atoms with Crippen LogP contribution in [0.3, 0.4) is 0 Å². The first-order valence-electron chi connectivity index (χ1n) is 13.3. The molecule has 1 aliphatic rings. The van der Waals surface area contributed by atoms with Gasteiger partial charge in [-0.25, -0.2) is 4.79 Å². The molecule has 0 atom stereocenters. The molecule has 9 nitrogen and oxygen atoms in total. The van der Waals surface area contributed by atoms with Crippen LogP contribution in [0.5, 0.6) is 23.0 Å². The van der Waals surface area contributed by atoms with Gasteiger partial charge in [0, 0.05) is 4.47 Å². The number of hydrogen-bond donors (Lipinski definition) is 1. The Kier molecular flexibility index (Phi) is 10.6. The highest BCUT2D eigenvalue weighted by molar-refractivity contribution is 9.10. The zero-order chi connectivity index (χ0) is 30.2. The topological polar surface area (TPSA) is 103 Å². The molecule has 0 radical (unpaired) electrons. The number of barbiturate groups is 1. The van der Waals surface area contributed by atoms with E-state index < -0.39 is 17.8 Å². The van der Waals surface area contributed by atoms with E-state index in [2.05, 4.69) is 37.2 Å². The van der Waals surface area contributed by atoms with E-state index in [1.807, 2.05) is 38.1 Å². The minimum Gasteiger partial charge on any atom is -0.493 e. The third-order valence-corrected chi connectivity index (χ3v) is 7.27. The number of hydrogen-bond acceptors (Lipinski definition) is 7. The van der Waals surface area contributed by atoms with Gasteiger partial charge in [0.2, 0.25) is 0 Å². The van der Waals surface area contributed by atoms with Gasteiger partial charge in [0.25, 0.3) is 11.8 Å². The summed E-state index contributed by atoms with van der Waals surface area (Å²) < 4.78 is 24.5. The fraction of sp³-hybridized carbons (Fsp3) is 0.258. The quantitative estimate of drug-likeness (QED) is 0.167. The SMILES string of the molecule is CCCOc1ccc(CN2C(=O)NC(=O)/C(=C\c3cc(Br)c(OCc4ccc(Br)cc4)c(OCC)c3)C2=O)cc1OC. The van der Waals surface area contributed by atoms with Crippen LogP contribution < -0.4 is 24.3 Å². The molecule has 42 heavy (non-hydrogen) atoms. The molecule has 4 rings (SSSR count). The van der Waals surface area contributed by atoms with Gasteiger partial charge in [-0.05, 0) is 88.4 Å². The van der Waals surface area contributed by atoms with E-state index in [1.54, 1.807) is 30.3 Å². The first-order chi connectivity index (χ1) is 20.2. The maximum Gasteiger partial charge on any atom is 0.331 e. The highest BCUT2D eigenvalue weighted by Crippen LogP contribution is 2.38. The number of nitrogens with one attached hydrogen (secondary N) is 1. The molecule has 0 aromatic heterocycles. The fourth-order valence-electron chi connectivity index (χ4n) is 4.14. The lowest BCUT2D eigenvalue weighted by molar-refractivity contribution is -0.130. The number of methoxy groups -OCH3 is 1.